The first-order valence-corrected chi connectivity index (χ1v) is 11.4. The van der Waals surface area contributed by atoms with Crippen molar-refractivity contribution < 1.29 is 10.2 Å². The van der Waals surface area contributed by atoms with Gasteiger partial charge in [-0.15, -0.1) is 0 Å². The highest BCUT2D eigenvalue weighted by Crippen LogP contribution is 2.42. The van der Waals surface area contributed by atoms with Gasteiger partial charge in [-0.1, -0.05) is 64.7 Å². The number of halogens is 2. The average Bonchev–Trinajstić information content (AvgIpc) is 2.69. The number of phenolic OH excluding ortho intramolecular Hbond substituents is 2. The molecule has 0 fully saturated rings. The first-order valence-electron chi connectivity index (χ1n) is 10.7. The highest BCUT2D eigenvalue weighted by atomic mass is 35.5. The van der Waals surface area contributed by atoms with Gasteiger partial charge >= 0.3 is 0 Å². The molecule has 6 N–H and O–H groups in total. The molecule has 0 aliphatic carbocycles. The van der Waals surface area contributed by atoms with E-state index in [9.17, 15) is 10.2 Å². The zero-order valence-electron chi connectivity index (χ0n) is 20.3. The fourth-order valence-corrected chi connectivity index (χ4v) is 3.86. The molecule has 8 nitrogen and oxygen atoms in total. The van der Waals surface area contributed by atoms with Crippen LogP contribution in [0, 0.1) is 6.92 Å². The van der Waals surface area contributed by atoms with Gasteiger partial charge in [0.15, 0.2) is 5.75 Å². The number of nitrogens with one attached hydrogen (secondary N) is 2. The van der Waals surface area contributed by atoms with E-state index in [0.717, 1.165) is 11.1 Å². The molecule has 0 bridgehead atoms. The van der Waals surface area contributed by atoms with Crippen LogP contribution in [0.5, 0.6) is 11.5 Å². The number of hydrogen-bond donors (Lipinski definition) is 5. The molecule has 0 radical (unpaired) electrons. The summed E-state index contributed by atoms with van der Waals surface area (Å²) in [5.74, 6) is 0.331. The zero-order chi connectivity index (χ0) is 25.6. The molecule has 0 aliphatic heterocycles. The second kappa shape index (κ2) is 9.00. The normalized spacial score (nSPS) is 12.0. The third-order valence-corrected chi connectivity index (χ3v) is 6.16. The van der Waals surface area contributed by atoms with Crippen molar-refractivity contribution in [3.8, 4) is 11.5 Å². The Morgan fingerprint density at radius 2 is 1.29 bits per heavy atom. The lowest BCUT2D eigenvalue weighted by atomic mass is 9.79. The van der Waals surface area contributed by atoms with Gasteiger partial charge in [-0.25, -0.2) is 0 Å². The van der Waals surface area contributed by atoms with Crippen LogP contribution >= 0.6 is 23.2 Å². The van der Waals surface area contributed by atoms with E-state index >= 15 is 0 Å². The van der Waals surface area contributed by atoms with Crippen molar-refractivity contribution in [1.82, 2.24) is 15.0 Å². The van der Waals surface area contributed by atoms with Gasteiger partial charge in [-0.3, -0.25) is 0 Å². The summed E-state index contributed by atoms with van der Waals surface area (Å²) in [5, 5.41) is 27.9. The summed E-state index contributed by atoms with van der Waals surface area (Å²) in [6.45, 7) is 13.9. The van der Waals surface area contributed by atoms with Gasteiger partial charge in [0.1, 0.15) is 5.75 Å². The van der Waals surface area contributed by atoms with Crippen LogP contribution in [0.2, 0.25) is 10.0 Å². The monoisotopic (exact) mass is 504 g/mol. The molecule has 0 aliphatic rings. The summed E-state index contributed by atoms with van der Waals surface area (Å²) in [7, 11) is 0. The third kappa shape index (κ3) is 5.39. The minimum absolute atomic E-state index is 0.0327. The first kappa shape index (κ1) is 25.6. The number of anilines is 5. The van der Waals surface area contributed by atoms with Crippen LogP contribution in [0.25, 0.3) is 0 Å². The van der Waals surface area contributed by atoms with Gasteiger partial charge in [0.2, 0.25) is 17.8 Å². The Labute approximate surface area is 209 Å². The van der Waals surface area contributed by atoms with Gasteiger partial charge in [-0.05, 0) is 41.5 Å². The lowest BCUT2D eigenvalue weighted by molar-refractivity contribution is 0.423. The number of rotatable bonds is 4. The standard InChI is InChI=1S/C24H30Cl2N6O2/c1-11-15(25)10-16(19(34)17(11)26)29-22-31-20(27)30-21(32-22)28-12-8-13(23(2,3)4)18(33)14(9-12)24(5,6)7/h8-10,33-34H,1-7H3,(H4,27,28,29,30,31,32). The molecule has 0 saturated heterocycles. The van der Waals surface area contributed by atoms with Crippen LogP contribution in [0.15, 0.2) is 18.2 Å². The van der Waals surface area contributed by atoms with Crippen LogP contribution in [-0.2, 0) is 10.8 Å². The molecular weight excluding hydrogens is 475 g/mol. The van der Waals surface area contributed by atoms with E-state index in [1.807, 2.05) is 53.7 Å². The van der Waals surface area contributed by atoms with E-state index in [4.69, 9.17) is 28.9 Å². The summed E-state index contributed by atoms with van der Waals surface area (Å²) in [5.41, 5.74) is 8.37. The number of phenols is 2. The Morgan fingerprint density at radius 1 is 0.794 bits per heavy atom. The number of benzene rings is 2. The molecule has 0 unspecified atom stereocenters. The van der Waals surface area contributed by atoms with Crippen molar-refractivity contribution in [2.24, 2.45) is 0 Å². The van der Waals surface area contributed by atoms with Crippen LogP contribution in [0.3, 0.4) is 0 Å². The predicted molar refractivity (Wildman–Crippen MR) is 139 cm³/mol. The van der Waals surface area contributed by atoms with E-state index in [1.165, 1.54) is 6.07 Å². The van der Waals surface area contributed by atoms with Crippen LogP contribution < -0.4 is 16.4 Å². The molecule has 34 heavy (non-hydrogen) atoms. The van der Waals surface area contributed by atoms with E-state index in [1.54, 1.807) is 6.92 Å². The van der Waals surface area contributed by atoms with E-state index < -0.39 is 0 Å². The topological polar surface area (TPSA) is 129 Å². The van der Waals surface area contributed by atoms with Gasteiger partial charge in [0.25, 0.3) is 0 Å². The second-order valence-electron chi connectivity index (χ2n) is 10.2. The number of nitrogens with zero attached hydrogens (tertiary/aromatic N) is 3. The molecule has 0 atom stereocenters. The van der Waals surface area contributed by atoms with Crippen molar-refractivity contribution in [1.29, 1.82) is 0 Å². The fraction of sp³-hybridized carbons (Fsp3) is 0.375. The maximum absolute atomic E-state index is 10.9. The first-order chi connectivity index (χ1) is 15.6. The average molecular weight is 505 g/mol. The van der Waals surface area contributed by atoms with Crippen molar-refractivity contribution in [3.63, 3.8) is 0 Å². The summed E-state index contributed by atoms with van der Waals surface area (Å²) in [6, 6.07) is 5.25. The SMILES string of the molecule is Cc1c(Cl)cc(Nc2nc(N)nc(Nc3cc(C(C)(C)C)c(O)c(C(C)(C)C)c3)n2)c(O)c1Cl. The molecule has 0 amide bonds. The third-order valence-electron chi connectivity index (χ3n) is 5.30. The van der Waals surface area contributed by atoms with Gasteiger partial charge in [-0.2, -0.15) is 15.0 Å². The quantitative estimate of drug-likeness (QED) is 0.199. The summed E-state index contributed by atoms with van der Waals surface area (Å²) in [6.07, 6.45) is 0. The lowest BCUT2D eigenvalue weighted by Gasteiger charge is -2.28. The molecule has 0 spiro atoms. The summed E-state index contributed by atoms with van der Waals surface area (Å²) in [4.78, 5) is 12.6. The Hall–Kier alpha value is -2.97. The van der Waals surface area contributed by atoms with Gasteiger partial charge < -0.3 is 26.6 Å². The van der Waals surface area contributed by atoms with E-state index in [0.29, 0.717) is 16.3 Å². The van der Waals surface area contributed by atoms with Gasteiger partial charge in [0.05, 0.1) is 10.7 Å². The smallest absolute Gasteiger partial charge is 0.233 e. The van der Waals surface area contributed by atoms with Crippen LogP contribution in [-0.4, -0.2) is 25.2 Å². The lowest BCUT2D eigenvalue weighted by Crippen LogP contribution is -2.18. The van der Waals surface area contributed by atoms with E-state index in [-0.39, 0.29) is 50.9 Å². The van der Waals surface area contributed by atoms with Crippen LogP contribution in [0.1, 0.15) is 58.2 Å². The molecule has 182 valence electrons. The molecule has 2 aromatic carbocycles. The molecular formula is C24H30Cl2N6O2. The van der Waals surface area contributed by atoms with Crippen molar-refractivity contribution in [2.45, 2.75) is 59.3 Å². The largest absolute Gasteiger partial charge is 0.507 e. The maximum Gasteiger partial charge on any atom is 0.233 e. The van der Waals surface area contributed by atoms with Crippen molar-refractivity contribution in [2.75, 3.05) is 16.4 Å². The molecule has 3 aromatic rings. The Kier molecular flexibility index (Phi) is 6.79. The summed E-state index contributed by atoms with van der Waals surface area (Å²) >= 11 is 12.4. The predicted octanol–water partition coefficient (Wildman–Crippen LogP) is 6.56. The number of aromatic hydroxyl groups is 2. The molecule has 0 saturated carbocycles. The number of hydrogen-bond acceptors (Lipinski definition) is 8. The molecule has 1 heterocycles. The minimum Gasteiger partial charge on any atom is -0.507 e. The maximum atomic E-state index is 10.9. The van der Waals surface area contributed by atoms with Crippen molar-refractivity contribution >= 4 is 52.4 Å². The molecule has 10 heteroatoms. The van der Waals surface area contributed by atoms with Crippen LogP contribution in [0.4, 0.5) is 29.2 Å². The van der Waals surface area contributed by atoms with Crippen molar-refractivity contribution in [3.05, 3.63) is 44.9 Å². The number of nitrogen functional groups attached to an aromatic ring is 1. The Morgan fingerprint density at radius 3 is 1.79 bits per heavy atom. The second-order valence-corrected chi connectivity index (χ2v) is 11.0. The summed E-state index contributed by atoms with van der Waals surface area (Å²) < 4.78 is 0. The molecule has 1 aromatic heterocycles. The minimum atomic E-state index is -0.297. The fourth-order valence-electron chi connectivity index (χ4n) is 3.40. The number of nitrogens with two attached hydrogens (primary N) is 1. The zero-order valence-corrected chi connectivity index (χ0v) is 21.8. The Balaban J connectivity index is 2.02. The highest BCUT2D eigenvalue weighted by molar-refractivity contribution is 6.37. The van der Waals surface area contributed by atoms with E-state index in [2.05, 4.69) is 25.6 Å². The highest BCUT2D eigenvalue weighted by Gasteiger charge is 2.27. The number of aromatic nitrogens is 3. The van der Waals surface area contributed by atoms with Gasteiger partial charge in [0, 0.05) is 21.8 Å². The molecule has 3 rings (SSSR count). The Bertz CT molecular complexity index is 1210.